The number of nitriles is 1. The van der Waals surface area contributed by atoms with Crippen molar-refractivity contribution in [3.05, 3.63) is 74.5 Å². The zero-order valence-electron chi connectivity index (χ0n) is 16.4. The molecule has 2 aromatic carbocycles. The van der Waals surface area contributed by atoms with E-state index in [1.807, 2.05) is 60.0 Å². The molecule has 0 aliphatic rings. The highest BCUT2D eigenvalue weighted by Crippen LogP contribution is 2.34. The minimum absolute atomic E-state index is 0.0305. The average molecular weight is 510 g/mol. The van der Waals surface area contributed by atoms with Crippen LogP contribution in [0.1, 0.15) is 11.9 Å². The number of nitrogens with one attached hydrogen (secondary N) is 1. The third-order valence-electron chi connectivity index (χ3n) is 4.24. The molecule has 0 aliphatic heterocycles. The van der Waals surface area contributed by atoms with Crippen LogP contribution in [-0.4, -0.2) is 16.5 Å². The molecule has 0 spiro atoms. The van der Waals surface area contributed by atoms with E-state index in [0.717, 1.165) is 21.1 Å². The fourth-order valence-corrected chi connectivity index (χ4v) is 4.91. The Morgan fingerprint density at radius 3 is 2.81 bits per heavy atom. The van der Waals surface area contributed by atoms with Gasteiger partial charge < -0.3 is 9.73 Å². The summed E-state index contributed by atoms with van der Waals surface area (Å²) in [4.78, 5) is 16.2. The first kappa shape index (κ1) is 21.4. The van der Waals surface area contributed by atoms with Crippen LogP contribution in [0.25, 0.3) is 28.0 Å². The van der Waals surface area contributed by atoms with Crippen LogP contribution in [0.15, 0.2) is 73.9 Å². The fraction of sp³-hybridized carbons (Fsp3) is 0.0870. The highest BCUT2D eigenvalue weighted by molar-refractivity contribution is 9.10. The lowest BCUT2D eigenvalue weighted by Gasteiger charge is -2.11. The molecule has 0 saturated carbocycles. The lowest BCUT2D eigenvalue weighted by molar-refractivity contribution is -0.114. The number of carbonyl (C=O) groups is 1. The summed E-state index contributed by atoms with van der Waals surface area (Å²) in [6.45, 7) is 1.53. The van der Waals surface area contributed by atoms with Gasteiger partial charge in [0, 0.05) is 20.9 Å². The molecule has 0 radical (unpaired) electrons. The number of carbonyl (C=O) groups excluding carboxylic acids is 1. The van der Waals surface area contributed by atoms with E-state index >= 15 is 0 Å². The Labute approximate surface area is 195 Å². The summed E-state index contributed by atoms with van der Waals surface area (Å²) < 4.78 is 6.90. The van der Waals surface area contributed by atoms with E-state index in [9.17, 15) is 10.1 Å². The number of allylic oxidation sites excluding steroid dienone is 1. The number of thiazole rings is 1. The highest BCUT2D eigenvalue weighted by atomic mass is 79.9. The summed E-state index contributed by atoms with van der Waals surface area (Å²) in [6.07, 6.45) is 0. The predicted octanol–water partition coefficient (Wildman–Crippen LogP) is 6.95. The lowest BCUT2D eigenvalue weighted by Crippen LogP contribution is -2.03. The second kappa shape index (κ2) is 9.52. The van der Waals surface area contributed by atoms with E-state index < -0.39 is 0 Å². The minimum Gasteiger partial charge on any atom is -0.454 e. The molecule has 31 heavy (non-hydrogen) atoms. The molecule has 0 unspecified atom stereocenters. The number of fused-ring (bicyclic) bond motifs is 1. The number of hydrogen-bond donors (Lipinski definition) is 1. The van der Waals surface area contributed by atoms with Gasteiger partial charge in [0.25, 0.3) is 0 Å². The largest absolute Gasteiger partial charge is 0.454 e. The minimum atomic E-state index is 0.0305. The van der Waals surface area contributed by atoms with Crippen LogP contribution in [0.3, 0.4) is 0 Å². The van der Waals surface area contributed by atoms with Crippen LogP contribution in [-0.2, 0) is 4.79 Å². The van der Waals surface area contributed by atoms with Crippen molar-refractivity contribution in [2.75, 3.05) is 11.1 Å². The second-order valence-corrected chi connectivity index (χ2v) is 9.39. The molecule has 5 nitrogen and oxygen atoms in total. The quantitative estimate of drug-likeness (QED) is 0.271. The Balaban J connectivity index is 1.71. The maximum Gasteiger partial charge on any atom is 0.154 e. The molecule has 0 fully saturated rings. The number of nitrogens with zero attached hydrogens (tertiary/aromatic N) is 2. The van der Waals surface area contributed by atoms with Gasteiger partial charge in [-0.3, -0.25) is 4.79 Å². The number of furan rings is 1. The van der Waals surface area contributed by atoms with E-state index in [1.165, 1.54) is 30.0 Å². The number of aromatic nitrogens is 1. The van der Waals surface area contributed by atoms with Gasteiger partial charge in [-0.05, 0) is 43.3 Å². The fourth-order valence-electron chi connectivity index (χ4n) is 2.84. The molecule has 0 amide bonds. The van der Waals surface area contributed by atoms with Gasteiger partial charge in [0.15, 0.2) is 5.76 Å². The van der Waals surface area contributed by atoms with Crippen molar-refractivity contribution in [3.63, 3.8) is 0 Å². The molecular weight excluding hydrogens is 494 g/mol. The van der Waals surface area contributed by atoms with Crippen molar-refractivity contribution < 1.29 is 9.21 Å². The maximum absolute atomic E-state index is 11.6. The highest BCUT2D eigenvalue weighted by Gasteiger charge is 2.17. The standard InChI is InChI=1S/C23H16BrN3O2S2/c1-14(28)12-30-22(26-17-5-3-2-4-6-17)18(11-25)23-27-19(13-31-23)21-10-15-9-16(24)7-8-20(15)29-21/h2-10,13,26H,12H2,1H3/b22-18+. The molecule has 2 aromatic heterocycles. The van der Waals surface area contributed by atoms with Crippen LogP contribution in [0.5, 0.6) is 0 Å². The number of Topliss-reactive ketones (excluding diaryl/α,β-unsaturated/α-hetero) is 1. The molecule has 1 N–H and O–H groups in total. The molecule has 2 heterocycles. The summed E-state index contributed by atoms with van der Waals surface area (Å²) in [7, 11) is 0. The van der Waals surface area contributed by atoms with E-state index in [2.05, 4.69) is 32.3 Å². The van der Waals surface area contributed by atoms with Crippen molar-refractivity contribution in [3.8, 4) is 17.5 Å². The molecule has 0 aliphatic carbocycles. The van der Waals surface area contributed by atoms with Crippen molar-refractivity contribution in [2.24, 2.45) is 0 Å². The third-order valence-corrected chi connectivity index (χ3v) is 6.74. The Morgan fingerprint density at radius 2 is 2.06 bits per heavy atom. The number of halogens is 1. The van der Waals surface area contributed by atoms with E-state index in [0.29, 0.717) is 27.1 Å². The zero-order valence-corrected chi connectivity index (χ0v) is 19.6. The first-order valence-electron chi connectivity index (χ1n) is 9.27. The number of anilines is 1. The summed E-state index contributed by atoms with van der Waals surface area (Å²) >= 11 is 6.13. The summed E-state index contributed by atoms with van der Waals surface area (Å²) in [5.74, 6) is 0.932. The first-order chi connectivity index (χ1) is 15.0. The van der Waals surface area contributed by atoms with Crippen LogP contribution >= 0.6 is 39.0 Å². The summed E-state index contributed by atoms with van der Waals surface area (Å²) in [5.41, 5.74) is 2.66. The monoisotopic (exact) mass is 509 g/mol. The van der Waals surface area contributed by atoms with Gasteiger partial charge in [0.1, 0.15) is 33.7 Å². The van der Waals surface area contributed by atoms with Gasteiger partial charge in [-0.1, -0.05) is 45.9 Å². The zero-order chi connectivity index (χ0) is 21.8. The molecule has 0 atom stereocenters. The maximum atomic E-state index is 11.6. The second-order valence-electron chi connectivity index (χ2n) is 6.63. The number of benzene rings is 2. The summed E-state index contributed by atoms with van der Waals surface area (Å²) in [5, 5.41) is 17.2. The smallest absolute Gasteiger partial charge is 0.154 e. The Bertz CT molecular complexity index is 1320. The Hall–Kier alpha value is -2.86. The van der Waals surface area contributed by atoms with Crippen molar-refractivity contribution in [1.82, 2.24) is 4.98 Å². The van der Waals surface area contributed by atoms with E-state index in [1.54, 1.807) is 0 Å². The van der Waals surface area contributed by atoms with Gasteiger partial charge >= 0.3 is 0 Å². The SMILES string of the molecule is CC(=O)CS/C(Nc1ccccc1)=C(\C#N)c1nc(-c2cc3cc(Br)ccc3o2)cs1. The lowest BCUT2D eigenvalue weighted by atomic mass is 10.2. The Morgan fingerprint density at radius 1 is 1.26 bits per heavy atom. The normalized spacial score (nSPS) is 11.8. The van der Waals surface area contributed by atoms with Crippen molar-refractivity contribution in [2.45, 2.75) is 6.92 Å². The molecule has 0 saturated heterocycles. The number of hydrogen-bond acceptors (Lipinski definition) is 7. The number of ketones is 1. The molecule has 154 valence electrons. The van der Waals surface area contributed by atoms with Crippen LogP contribution < -0.4 is 5.32 Å². The average Bonchev–Trinajstić information content (AvgIpc) is 3.40. The Kier molecular flexibility index (Phi) is 6.56. The molecule has 4 aromatic rings. The number of rotatable bonds is 7. The van der Waals surface area contributed by atoms with Crippen LogP contribution in [0.2, 0.25) is 0 Å². The van der Waals surface area contributed by atoms with Gasteiger partial charge in [-0.15, -0.1) is 11.3 Å². The molecule has 4 rings (SSSR count). The third kappa shape index (κ3) is 5.07. The van der Waals surface area contributed by atoms with Gasteiger partial charge in [-0.25, -0.2) is 4.98 Å². The molecule has 8 heteroatoms. The number of thioether (sulfide) groups is 1. The van der Waals surface area contributed by atoms with Crippen molar-refractivity contribution in [1.29, 1.82) is 5.26 Å². The number of para-hydroxylation sites is 1. The topological polar surface area (TPSA) is 78.9 Å². The molecular formula is C23H16BrN3O2S2. The van der Waals surface area contributed by atoms with Crippen molar-refractivity contribution >= 4 is 67.0 Å². The van der Waals surface area contributed by atoms with E-state index in [-0.39, 0.29) is 11.5 Å². The van der Waals surface area contributed by atoms with Crippen LogP contribution in [0, 0.1) is 11.3 Å². The summed E-state index contributed by atoms with van der Waals surface area (Å²) in [6, 6.07) is 19.5. The van der Waals surface area contributed by atoms with Gasteiger partial charge in [0.2, 0.25) is 0 Å². The predicted molar refractivity (Wildman–Crippen MR) is 131 cm³/mol. The van der Waals surface area contributed by atoms with Gasteiger partial charge in [-0.2, -0.15) is 5.26 Å². The first-order valence-corrected chi connectivity index (χ1v) is 11.9. The van der Waals surface area contributed by atoms with E-state index in [4.69, 9.17) is 4.42 Å². The van der Waals surface area contributed by atoms with Gasteiger partial charge in [0.05, 0.1) is 10.8 Å². The van der Waals surface area contributed by atoms with Crippen LogP contribution in [0.4, 0.5) is 5.69 Å². The molecule has 0 bridgehead atoms.